The number of benzene rings is 1. The molecule has 0 unspecified atom stereocenters. The zero-order valence-electron chi connectivity index (χ0n) is 13.5. The maximum atomic E-state index is 12.0. The molecule has 2 aromatic rings. The van der Waals surface area contributed by atoms with Gasteiger partial charge in [0.25, 0.3) is 5.91 Å². The van der Waals surface area contributed by atoms with E-state index in [0.29, 0.717) is 10.2 Å². The molecule has 6 nitrogen and oxygen atoms in total. The Morgan fingerprint density at radius 3 is 2.52 bits per heavy atom. The molecule has 0 saturated carbocycles. The minimum atomic E-state index is -0.353. The Kier molecular flexibility index (Phi) is 5.92. The van der Waals surface area contributed by atoms with Gasteiger partial charge in [0.1, 0.15) is 0 Å². The molecular formula is C16H20BrN5O. The van der Waals surface area contributed by atoms with Crippen LogP contribution in [0.1, 0.15) is 29.9 Å². The maximum Gasteiger partial charge on any atom is 0.293 e. The summed E-state index contributed by atoms with van der Waals surface area (Å²) >= 11 is 3.29. The number of aromatic nitrogens is 2. The van der Waals surface area contributed by atoms with Crippen molar-refractivity contribution in [3.05, 3.63) is 46.2 Å². The lowest BCUT2D eigenvalue weighted by atomic mass is 10.2. The number of halogens is 1. The van der Waals surface area contributed by atoms with Gasteiger partial charge in [-0.25, -0.2) is 5.43 Å². The van der Waals surface area contributed by atoms with Crippen LogP contribution >= 0.6 is 15.9 Å². The van der Waals surface area contributed by atoms with Crippen molar-refractivity contribution in [3.8, 4) is 0 Å². The third-order valence-corrected chi connectivity index (χ3v) is 3.98. The van der Waals surface area contributed by atoms with Crippen molar-refractivity contribution < 1.29 is 4.79 Å². The van der Waals surface area contributed by atoms with Crippen molar-refractivity contribution in [2.75, 3.05) is 18.0 Å². The van der Waals surface area contributed by atoms with Gasteiger partial charge in [0.15, 0.2) is 5.69 Å². The highest BCUT2D eigenvalue weighted by atomic mass is 79.9. The smallest absolute Gasteiger partial charge is 0.293 e. The lowest BCUT2D eigenvalue weighted by Crippen LogP contribution is -2.21. The molecule has 1 aromatic carbocycles. The van der Waals surface area contributed by atoms with Crippen molar-refractivity contribution in [1.29, 1.82) is 0 Å². The van der Waals surface area contributed by atoms with Crippen LogP contribution in [-0.2, 0) is 7.05 Å². The molecule has 23 heavy (non-hydrogen) atoms. The zero-order chi connectivity index (χ0) is 16.8. The van der Waals surface area contributed by atoms with Gasteiger partial charge in [-0.15, -0.1) is 0 Å². The Balaban J connectivity index is 1.98. The van der Waals surface area contributed by atoms with Crippen LogP contribution in [0, 0.1) is 0 Å². The van der Waals surface area contributed by atoms with E-state index in [-0.39, 0.29) is 5.91 Å². The highest BCUT2D eigenvalue weighted by molar-refractivity contribution is 9.10. The van der Waals surface area contributed by atoms with Gasteiger partial charge < -0.3 is 4.90 Å². The van der Waals surface area contributed by atoms with Crippen LogP contribution in [0.3, 0.4) is 0 Å². The van der Waals surface area contributed by atoms with E-state index in [2.05, 4.69) is 50.3 Å². The molecule has 122 valence electrons. The van der Waals surface area contributed by atoms with Crippen LogP contribution < -0.4 is 10.3 Å². The molecule has 1 heterocycles. The maximum absolute atomic E-state index is 12.0. The van der Waals surface area contributed by atoms with Gasteiger partial charge in [-0.3, -0.25) is 9.48 Å². The van der Waals surface area contributed by atoms with Crippen LogP contribution in [0.4, 0.5) is 5.69 Å². The summed E-state index contributed by atoms with van der Waals surface area (Å²) in [7, 11) is 1.75. The molecule has 0 aliphatic carbocycles. The molecule has 0 aliphatic heterocycles. The minimum absolute atomic E-state index is 0.307. The second-order valence-corrected chi connectivity index (χ2v) is 5.82. The monoisotopic (exact) mass is 377 g/mol. The Morgan fingerprint density at radius 1 is 1.35 bits per heavy atom. The number of hydrogen-bond acceptors (Lipinski definition) is 4. The number of carbonyl (C=O) groups is 1. The van der Waals surface area contributed by atoms with E-state index in [4.69, 9.17) is 0 Å². The fourth-order valence-corrected chi connectivity index (χ4v) is 2.75. The highest BCUT2D eigenvalue weighted by Crippen LogP contribution is 2.15. The lowest BCUT2D eigenvalue weighted by molar-refractivity contribution is 0.0948. The third-order valence-electron chi connectivity index (χ3n) is 3.40. The number of hydrazone groups is 1. The Labute approximate surface area is 144 Å². The van der Waals surface area contributed by atoms with Crippen molar-refractivity contribution in [1.82, 2.24) is 15.2 Å². The number of hydrogen-bond donors (Lipinski definition) is 1. The number of nitrogens with zero attached hydrogens (tertiary/aromatic N) is 4. The average molecular weight is 378 g/mol. The molecule has 0 radical (unpaired) electrons. The largest absolute Gasteiger partial charge is 0.372 e. The molecule has 0 fully saturated rings. The van der Waals surface area contributed by atoms with Gasteiger partial charge >= 0.3 is 0 Å². The second-order valence-electron chi connectivity index (χ2n) is 4.96. The van der Waals surface area contributed by atoms with Crippen molar-refractivity contribution in [2.24, 2.45) is 12.1 Å². The summed E-state index contributed by atoms with van der Waals surface area (Å²) < 4.78 is 2.20. The Hall–Kier alpha value is -2.15. The fraction of sp³-hybridized carbons (Fsp3) is 0.312. The summed E-state index contributed by atoms with van der Waals surface area (Å²) in [5.74, 6) is -0.353. The predicted molar refractivity (Wildman–Crippen MR) is 96.0 cm³/mol. The second kappa shape index (κ2) is 7.92. The van der Waals surface area contributed by atoms with E-state index in [1.165, 1.54) is 5.69 Å². The van der Waals surface area contributed by atoms with Gasteiger partial charge in [-0.2, -0.15) is 10.2 Å². The van der Waals surface area contributed by atoms with E-state index in [0.717, 1.165) is 18.7 Å². The molecule has 0 bridgehead atoms. The van der Waals surface area contributed by atoms with Crippen molar-refractivity contribution >= 4 is 33.7 Å². The standard InChI is InChI=1S/C16H20BrN5O/c1-4-22(5-2)13-8-6-12(7-9-13)10-18-19-16(23)15-14(17)11-21(3)20-15/h6-11H,4-5H2,1-3H3,(H,19,23)/b18-10+. The summed E-state index contributed by atoms with van der Waals surface area (Å²) in [6, 6.07) is 8.04. The number of amides is 1. The van der Waals surface area contributed by atoms with E-state index in [9.17, 15) is 4.79 Å². The average Bonchev–Trinajstić information content (AvgIpc) is 2.88. The van der Waals surface area contributed by atoms with E-state index >= 15 is 0 Å². The molecule has 1 aromatic heterocycles. The first-order chi connectivity index (χ1) is 11.0. The molecule has 0 saturated heterocycles. The number of anilines is 1. The first-order valence-corrected chi connectivity index (χ1v) is 8.22. The first kappa shape index (κ1) is 17.2. The van der Waals surface area contributed by atoms with Gasteiger partial charge in [0.2, 0.25) is 0 Å². The molecule has 0 atom stereocenters. The van der Waals surface area contributed by atoms with Crippen LogP contribution in [0.2, 0.25) is 0 Å². The van der Waals surface area contributed by atoms with Gasteiger partial charge in [-0.1, -0.05) is 12.1 Å². The number of carbonyl (C=O) groups excluding carboxylic acids is 1. The minimum Gasteiger partial charge on any atom is -0.372 e. The van der Waals surface area contributed by atoms with Gasteiger partial charge in [0, 0.05) is 32.0 Å². The van der Waals surface area contributed by atoms with E-state index < -0.39 is 0 Å². The summed E-state index contributed by atoms with van der Waals surface area (Å²) in [5.41, 5.74) is 4.88. The van der Waals surface area contributed by atoms with Crippen LogP contribution in [0.25, 0.3) is 0 Å². The summed E-state index contributed by atoms with van der Waals surface area (Å²) in [4.78, 5) is 14.2. The number of nitrogens with one attached hydrogen (secondary N) is 1. The Morgan fingerprint density at radius 2 is 2.00 bits per heavy atom. The topological polar surface area (TPSA) is 62.5 Å². The van der Waals surface area contributed by atoms with E-state index in [1.54, 1.807) is 24.1 Å². The summed E-state index contributed by atoms with van der Waals surface area (Å²) in [6.07, 6.45) is 3.32. The van der Waals surface area contributed by atoms with E-state index in [1.807, 2.05) is 24.3 Å². The molecular weight excluding hydrogens is 358 g/mol. The quantitative estimate of drug-likeness (QED) is 0.621. The summed E-state index contributed by atoms with van der Waals surface area (Å²) in [5, 5.41) is 8.04. The Bertz CT molecular complexity index is 689. The normalized spacial score (nSPS) is 11.0. The molecule has 2 rings (SSSR count). The van der Waals surface area contributed by atoms with Crippen LogP contribution in [-0.4, -0.2) is 35.0 Å². The van der Waals surface area contributed by atoms with Crippen molar-refractivity contribution in [3.63, 3.8) is 0 Å². The SMILES string of the molecule is CCN(CC)c1ccc(/C=N/NC(=O)c2nn(C)cc2Br)cc1. The van der Waals surface area contributed by atoms with Gasteiger partial charge in [-0.05, 0) is 47.5 Å². The van der Waals surface area contributed by atoms with Crippen LogP contribution in [0.5, 0.6) is 0 Å². The zero-order valence-corrected chi connectivity index (χ0v) is 15.0. The van der Waals surface area contributed by atoms with Crippen molar-refractivity contribution in [2.45, 2.75) is 13.8 Å². The molecule has 0 spiro atoms. The molecule has 1 amide bonds. The summed E-state index contributed by atoms with van der Waals surface area (Å²) in [6.45, 7) is 6.20. The van der Waals surface area contributed by atoms with Gasteiger partial charge in [0.05, 0.1) is 10.7 Å². The fourth-order valence-electron chi connectivity index (χ4n) is 2.19. The first-order valence-electron chi connectivity index (χ1n) is 7.42. The molecule has 1 N–H and O–H groups in total. The predicted octanol–water partition coefficient (Wildman–Crippen LogP) is 2.79. The number of rotatable bonds is 6. The molecule has 0 aliphatic rings. The van der Waals surface area contributed by atoms with Crippen LogP contribution in [0.15, 0.2) is 40.0 Å². The number of aryl methyl sites for hydroxylation is 1. The lowest BCUT2D eigenvalue weighted by Gasteiger charge is -2.20. The molecule has 7 heteroatoms. The third kappa shape index (κ3) is 4.41. The highest BCUT2D eigenvalue weighted by Gasteiger charge is 2.13.